The predicted octanol–water partition coefficient (Wildman–Crippen LogP) is 5.38. The fourth-order valence-corrected chi connectivity index (χ4v) is 2.33. The molecule has 0 aliphatic carbocycles. The smallest absolute Gasteiger partial charge is 0.126 e. The number of nitrogens with one attached hydrogen (secondary N) is 1. The van der Waals surface area contributed by atoms with Gasteiger partial charge in [0.05, 0.1) is 0 Å². The predicted molar refractivity (Wildman–Crippen MR) is 82.1 cm³/mol. The highest BCUT2D eigenvalue weighted by molar-refractivity contribution is 9.10. The minimum Gasteiger partial charge on any atom is -0.378 e. The second-order valence-electron chi connectivity index (χ2n) is 4.79. The van der Waals surface area contributed by atoms with E-state index in [4.69, 9.17) is 0 Å². The van der Waals surface area contributed by atoms with Gasteiger partial charge >= 0.3 is 0 Å². The fourth-order valence-electron chi connectivity index (χ4n) is 1.96. The van der Waals surface area contributed by atoms with E-state index >= 15 is 0 Å². The highest BCUT2D eigenvalue weighted by atomic mass is 79.9. The number of hydrogen-bond acceptors (Lipinski definition) is 1. The first-order valence-electron chi connectivity index (χ1n) is 6.26. The Morgan fingerprint density at radius 1 is 1.16 bits per heavy atom. The van der Waals surface area contributed by atoms with Gasteiger partial charge in [0.25, 0.3) is 0 Å². The Morgan fingerprint density at radius 3 is 2.58 bits per heavy atom. The van der Waals surface area contributed by atoms with Crippen LogP contribution < -0.4 is 5.32 Å². The summed E-state index contributed by atoms with van der Waals surface area (Å²) in [7, 11) is 0. The van der Waals surface area contributed by atoms with Gasteiger partial charge in [-0.15, -0.1) is 0 Å². The summed E-state index contributed by atoms with van der Waals surface area (Å²) in [5.41, 5.74) is 3.84. The maximum atomic E-state index is 13.6. The molecule has 0 spiro atoms. The van der Waals surface area contributed by atoms with Crippen LogP contribution in [0.4, 0.5) is 10.1 Å². The van der Waals surface area contributed by atoms with Gasteiger partial charge in [0.1, 0.15) is 5.82 Å². The van der Waals surface area contributed by atoms with E-state index in [9.17, 15) is 4.39 Å². The quantitative estimate of drug-likeness (QED) is 0.800. The minimum absolute atomic E-state index is 0.0584. The van der Waals surface area contributed by atoms with E-state index < -0.39 is 0 Å². The Balaban J connectivity index is 2.23. The van der Waals surface area contributed by atoms with Crippen molar-refractivity contribution in [2.24, 2.45) is 0 Å². The van der Waals surface area contributed by atoms with Gasteiger partial charge in [-0.25, -0.2) is 4.39 Å². The van der Waals surface area contributed by atoms with Gasteiger partial charge in [0, 0.05) is 16.2 Å². The third-order valence-corrected chi connectivity index (χ3v) is 4.19. The standard InChI is InChI=1S/C16H17BrFN/c1-10-7-8-13(9-15(10)18)12(3)19-16-6-4-5-14(17)11(16)2/h4-9,12,19H,1-3H3. The van der Waals surface area contributed by atoms with Crippen LogP contribution in [0.1, 0.15) is 29.7 Å². The first-order valence-corrected chi connectivity index (χ1v) is 7.06. The molecule has 1 unspecified atom stereocenters. The number of hydrogen-bond donors (Lipinski definition) is 1. The van der Waals surface area contributed by atoms with Crippen LogP contribution in [0.15, 0.2) is 40.9 Å². The maximum absolute atomic E-state index is 13.6. The Labute approximate surface area is 122 Å². The highest BCUT2D eigenvalue weighted by Crippen LogP contribution is 2.27. The average molecular weight is 322 g/mol. The minimum atomic E-state index is -0.155. The normalized spacial score (nSPS) is 12.3. The van der Waals surface area contributed by atoms with E-state index in [1.165, 1.54) is 0 Å². The van der Waals surface area contributed by atoms with Crippen LogP contribution in [-0.4, -0.2) is 0 Å². The van der Waals surface area contributed by atoms with E-state index in [0.717, 1.165) is 21.3 Å². The molecule has 1 N–H and O–H groups in total. The van der Waals surface area contributed by atoms with Crippen LogP contribution in [0.2, 0.25) is 0 Å². The van der Waals surface area contributed by atoms with Crippen LogP contribution in [0.5, 0.6) is 0 Å². The van der Waals surface area contributed by atoms with Gasteiger partial charge in [0.15, 0.2) is 0 Å². The zero-order valence-electron chi connectivity index (χ0n) is 11.3. The van der Waals surface area contributed by atoms with Crippen molar-refractivity contribution < 1.29 is 4.39 Å². The van der Waals surface area contributed by atoms with Crippen molar-refractivity contribution in [3.05, 3.63) is 63.4 Å². The van der Waals surface area contributed by atoms with Crippen molar-refractivity contribution in [3.63, 3.8) is 0 Å². The zero-order chi connectivity index (χ0) is 14.0. The molecule has 3 heteroatoms. The first kappa shape index (κ1) is 14.1. The second kappa shape index (κ2) is 5.74. The molecule has 1 nitrogen and oxygen atoms in total. The fraction of sp³-hybridized carbons (Fsp3) is 0.250. The van der Waals surface area contributed by atoms with Crippen LogP contribution in [0, 0.1) is 19.7 Å². The lowest BCUT2D eigenvalue weighted by Crippen LogP contribution is -2.08. The summed E-state index contributed by atoms with van der Waals surface area (Å²) < 4.78 is 14.7. The zero-order valence-corrected chi connectivity index (χ0v) is 12.9. The van der Waals surface area contributed by atoms with Crippen molar-refractivity contribution in [2.75, 3.05) is 5.32 Å². The molecule has 0 aliphatic heterocycles. The first-order chi connectivity index (χ1) is 8.99. The molecular weight excluding hydrogens is 305 g/mol. The Hall–Kier alpha value is -1.35. The van der Waals surface area contributed by atoms with E-state index in [2.05, 4.69) is 28.2 Å². The SMILES string of the molecule is Cc1ccc(C(C)Nc2cccc(Br)c2C)cc1F. The molecule has 0 aliphatic rings. The van der Waals surface area contributed by atoms with Gasteiger partial charge in [-0.2, -0.15) is 0 Å². The summed E-state index contributed by atoms with van der Waals surface area (Å²) in [6, 6.07) is 11.5. The van der Waals surface area contributed by atoms with Crippen molar-refractivity contribution >= 4 is 21.6 Å². The highest BCUT2D eigenvalue weighted by Gasteiger charge is 2.09. The summed E-state index contributed by atoms with van der Waals surface area (Å²) in [6.07, 6.45) is 0. The largest absolute Gasteiger partial charge is 0.378 e. The van der Waals surface area contributed by atoms with Crippen molar-refractivity contribution in [1.82, 2.24) is 0 Å². The van der Waals surface area contributed by atoms with Gasteiger partial charge < -0.3 is 5.32 Å². The van der Waals surface area contributed by atoms with E-state index in [1.54, 1.807) is 13.0 Å². The van der Waals surface area contributed by atoms with E-state index in [1.807, 2.05) is 37.3 Å². The molecule has 2 aromatic carbocycles. The van der Waals surface area contributed by atoms with Gasteiger partial charge in [-0.05, 0) is 55.7 Å². The van der Waals surface area contributed by atoms with Crippen LogP contribution in [-0.2, 0) is 0 Å². The van der Waals surface area contributed by atoms with Crippen molar-refractivity contribution in [1.29, 1.82) is 0 Å². The summed E-state index contributed by atoms with van der Waals surface area (Å²) >= 11 is 3.51. The summed E-state index contributed by atoms with van der Waals surface area (Å²) in [6.45, 7) is 5.86. The third-order valence-electron chi connectivity index (χ3n) is 3.34. The Kier molecular flexibility index (Phi) is 4.25. The Bertz CT molecular complexity index is 595. The monoisotopic (exact) mass is 321 g/mol. The molecule has 2 aromatic rings. The van der Waals surface area contributed by atoms with E-state index in [0.29, 0.717) is 5.56 Å². The summed E-state index contributed by atoms with van der Waals surface area (Å²) in [5.74, 6) is -0.155. The van der Waals surface area contributed by atoms with Crippen LogP contribution in [0.3, 0.4) is 0 Å². The molecular formula is C16H17BrFN. The topological polar surface area (TPSA) is 12.0 Å². The number of benzene rings is 2. The second-order valence-corrected chi connectivity index (χ2v) is 5.64. The summed E-state index contributed by atoms with van der Waals surface area (Å²) in [4.78, 5) is 0. The molecule has 0 radical (unpaired) electrons. The summed E-state index contributed by atoms with van der Waals surface area (Å²) in [5, 5.41) is 3.42. The lowest BCUT2D eigenvalue weighted by atomic mass is 10.1. The molecule has 100 valence electrons. The van der Waals surface area contributed by atoms with E-state index in [-0.39, 0.29) is 11.9 Å². The van der Waals surface area contributed by atoms with Crippen LogP contribution >= 0.6 is 15.9 Å². The lowest BCUT2D eigenvalue weighted by Gasteiger charge is -2.18. The molecule has 19 heavy (non-hydrogen) atoms. The van der Waals surface area contributed by atoms with Gasteiger partial charge in [-0.1, -0.05) is 34.1 Å². The molecule has 1 atom stereocenters. The van der Waals surface area contributed by atoms with Gasteiger partial charge in [-0.3, -0.25) is 0 Å². The lowest BCUT2D eigenvalue weighted by molar-refractivity contribution is 0.614. The third kappa shape index (κ3) is 3.16. The van der Waals surface area contributed by atoms with Crippen LogP contribution in [0.25, 0.3) is 0 Å². The van der Waals surface area contributed by atoms with Crippen molar-refractivity contribution in [3.8, 4) is 0 Å². The number of anilines is 1. The molecule has 0 bridgehead atoms. The molecule has 0 aromatic heterocycles. The Morgan fingerprint density at radius 2 is 1.89 bits per heavy atom. The molecule has 0 saturated carbocycles. The molecule has 0 amide bonds. The van der Waals surface area contributed by atoms with Gasteiger partial charge in [0.2, 0.25) is 0 Å². The maximum Gasteiger partial charge on any atom is 0.126 e. The molecule has 2 rings (SSSR count). The molecule has 0 fully saturated rings. The number of halogens is 2. The number of aryl methyl sites for hydroxylation is 1. The average Bonchev–Trinajstić information content (AvgIpc) is 2.38. The van der Waals surface area contributed by atoms with Crippen molar-refractivity contribution in [2.45, 2.75) is 26.8 Å². The molecule has 0 heterocycles. The number of rotatable bonds is 3. The molecule has 0 saturated heterocycles.